The van der Waals surface area contributed by atoms with Crippen molar-refractivity contribution in [3.63, 3.8) is 0 Å². The maximum atomic E-state index is 8.90. The first kappa shape index (κ1) is 12.4. The Labute approximate surface area is 117 Å². The SMILES string of the molecule is N#Cc1cc(N2CCN(c3ncccn3)CC2)ccn1. The van der Waals surface area contributed by atoms with Gasteiger partial charge >= 0.3 is 0 Å². The monoisotopic (exact) mass is 266 g/mol. The Morgan fingerprint density at radius 1 is 0.950 bits per heavy atom. The van der Waals surface area contributed by atoms with Crippen LogP contribution in [0.15, 0.2) is 36.8 Å². The number of pyridine rings is 1. The van der Waals surface area contributed by atoms with Gasteiger partial charge in [0.25, 0.3) is 0 Å². The quantitative estimate of drug-likeness (QED) is 0.810. The second-order valence-corrected chi connectivity index (χ2v) is 4.53. The lowest BCUT2D eigenvalue weighted by atomic mass is 10.2. The number of piperazine rings is 1. The molecule has 0 amide bonds. The average Bonchev–Trinajstić information content (AvgIpc) is 2.56. The summed E-state index contributed by atoms with van der Waals surface area (Å²) in [7, 11) is 0. The van der Waals surface area contributed by atoms with E-state index < -0.39 is 0 Å². The van der Waals surface area contributed by atoms with Gasteiger partial charge in [0, 0.05) is 50.5 Å². The van der Waals surface area contributed by atoms with Gasteiger partial charge in [0.15, 0.2) is 0 Å². The molecule has 1 fully saturated rings. The Bertz CT molecular complexity index is 613. The van der Waals surface area contributed by atoms with E-state index in [1.165, 1.54) is 0 Å². The van der Waals surface area contributed by atoms with E-state index in [1.807, 2.05) is 18.2 Å². The molecular formula is C14H14N6. The van der Waals surface area contributed by atoms with Gasteiger partial charge in [-0.3, -0.25) is 0 Å². The first-order valence-electron chi connectivity index (χ1n) is 6.50. The van der Waals surface area contributed by atoms with E-state index in [1.54, 1.807) is 18.6 Å². The van der Waals surface area contributed by atoms with Crippen molar-refractivity contribution in [2.24, 2.45) is 0 Å². The normalized spacial score (nSPS) is 14.9. The molecule has 0 atom stereocenters. The fourth-order valence-corrected chi connectivity index (χ4v) is 2.30. The molecule has 0 N–H and O–H groups in total. The summed E-state index contributed by atoms with van der Waals surface area (Å²) in [5.74, 6) is 0.777. The number of rotatable bonds is 2. The maximum Gasteiger partial charge on any atom is 0.225 e. The van der Waals surface area contributed by atoms with E-state index in [9.17, 15) is 0 Å². The standard InChI is InChI=1S/C14H14N6/c15-11-12-10-13(2-5-16-12)19-6-8-20(9-7-19)14-17-3-1-4-18-14/h1-5,10H,6-9H2. The second kappa shape index (κ2) is 5.53. The fourth-order valence-electron chi connectivity index (χ4n) is 2.30. The molecule has 6 nitrogen and oxygen atoms in total. The number of aromatic nitrogens is 3. The lowest BCUT2D eigenvalue weighted by Crippen LogP contribution is -2.47. The average molecular weight is 266 g/mol. The van der Waals surface area contributed by atoms with Crippen LogP contribution in [0, 0.1) is 11.3 Å². The van der Waals surface area contributed by atoms with Crippen molar-refractivity contribution < 1.29 is 0 Å². The van der Waals surface area contributed by atoms with Gasteiger partial charge < -0.3 is 9.80 Å². The van der Waals surface area contributed by atoms with Crippen LogP contribution in [0.3, 0.4) is 0 Å². The minimum absolute atomic E-state index is 0.455. The summed E-state index contributed by atoms with van der Waals surface area (Å²) in [5, 5.41) is 8.90. The van der Waals surface area contributed by atoms with Crippen molar-refractivity contribution in [2.45, 2.75) is 0 Å². The first-order valence-corrected chi connectivity index (χ1v) is 6.50. The Balaban J connectivity index is 1.68. The predicted octanol–water partition coefficient (Wildman–Crippen LogP) is 1.07. The van der Waals surface area contributed by atoms with Crippen LogP contribution in [0.1, 0.15) is 5.69 Å². The van der Waals surface area contributed by atoms with Gasteiger partial charge in [-0.05, 0) is 18.2 Å². The Morgan fingerprint density at radius 3 is 2.35 bits per heavy atom. The molecule has 2 aromatic rings. The zero-order valence-corrected chi connectivity index (χ0v) is 11.0. The zero-order chi connectivity index (χ0) is 13.8. The molecule has 0 aromatic carbocycles. The summed E-state index contributed by atoms with van der Waals surface area (Å²) in [4.78, 5) is 17.0. The van der Waals surface area contributed by atoms with Gasteiger partial charge in [-0.2, -0.15) is 5.26 Å². The van der Waals surface area contributed by atoms with Crippen molar-refractivity contribution in [2.75, 3.05) is 36.0 Å². The van der Waals surface area contributed by atoms with Crippen LogP contribution in [0.25, 0.3) is 0 Å². The topological polar surface area (TPSA) is 68.9 Å². The molecule has 1 aliphatic heterocycles. The molecule has 0 saturated carbocycles. The summed E-state index contributed by atoms with van der Waals surface area (Å²) >= 11 is 0. The molecule has 20 heavy (non-hydrogen) atoms. The smallest absolute Gasteiger partial charge is 0.225 e. The number of hydrogen-bond acceptors (Lipinski definition) is 6. The van der Waals surface area contributed by atoms with Gasteiger partial charge in [-0.25, -0.2) is 15.0 Å². The third-order valence-electron chi connectivity index (χ3n) is 3.34. The highest BCUT2D eigenvalue weighted by Crippen LogP contribution is 2.18. The van der Waals surface area contributed by atoms with Crippen molar-refractivity contribution in [1.82, 2.24) is 15.0 Å². The van der Waals surface area contributed by atoms with E-state index in [4.69, 9.17) is 5.26 Å². The number of hydrogen-bond donors (Lipinski definition) is 0. The molecule has 1 saturated heterocycles. The maximum absolute atomic E-state index is 8.90. The minimum atomic E-state index is 0.455. The largest absolute Gasteiger partial charge is 0.368 e. The summed E-state index contributed by atoms with van der Waals surface area (Å²) in [6.45, 7) is 3.50. The van der Waals surface area contributed by atoms with Crippen LogP contribution in [0.4, 0.5) is 11.6 Å². The number of nitriles is 1. The minimum Gasteiger partial charge on any atom is -0.368 e. The van der Waals surface area contributed by atoms with Crippen LogP contribution in [-0.2, 0) is 0 Å². The fraction of sp³-hybridized carbons (Fsp3) is 0.286. The molecule has 100 valence electrons. The third kappa shape index (κ3) is 2.52. The molecule has 0 spiro atoms. The van der Waals surface area contributed by atoms with Gasteiger partial charge in [-0.15, -0.1) is 0 Å². The lowest BCUT2D eigenvalue weighted by molar-refractivity contribution is 0.639. The summed E-state index contributed by atoms with van der Waals surface area (Å²) < 4.78 is 0. The summed E-state index contributed by atoms with van der Waals surface area (Å²) in [6.07, 6.45) is 5.20. The van der Waals surface area contributed by atoms with Crippen LogP contribution in [0.2, 0.25) is 0 Å². The van der Waals surface area contributed by atoms with Gasteiger partial charge in [0.05, 0.1) is 0 Å². The van der Waals surface area contributed by atoms with E-state index >= 15 is 0 Å². The molecule has 6 heteroatoms. The lowest BCUT2D eigenvalue weighted by Gasteiger charge is -2.36. The van der Waals surface area contributed by atoms with Crippen LogP contribution in [-0.4, -0.2) is 41.1 Å². The molecule has 0 aliphatic carbocycles. The molecule has 1 aliphatic rings. The Morgan fingerprint density at radius 2 is 1.65 bits per heavy atom. The molecule has 2 aromatic heterocycles. The van der Waals surface area contributed by atoms with E-state index in [0.717, 1.165) is 37.8 Å². The van der Waals surface area contributed by atoms with Crippen molar-refractivity contribution >= 4 is 11.6 Å². The third-order valence-corrected chi connectivity index (χ3v) is 3.34. The summed E-state index contributed by atoms with van der Waals surface area (Å²) in [5.41, 5.74) is 1.50. The molecule has 0 radical (unpaired) electrons. The zero-order valence-electron chi connectivity index (χ0n) is 11.0. The van der Waals surface area contributed by atoms with Crippen LogP contribution in [0.5, 0.6) is 0 Å². The van der Waals surface area contributed by atoms with E-state index in [0.29, 0.717) is 5.69 Å². The molecule has 0 unspecified atom stereocenters. The molecule has 0 bridgehead atoms. The second-order valence-electron chi connectivity index (χ2n) is 4.53. The highest BCUT2D eigenvalue weighted by molar-refractivity contribution is 5.50. The van der Waals surface area contributed by atoms with Gasteiger partial charge in [0.1, 0.15) is 11.8 Å². The number of anilines is 2. The van der Waals surface area contributed by atoms with Crippen molar-refractivity contribution in [3.8, 4) is 6.07 Å². The Kier molecular flexibility index (Phi) is 3.42. The molecule has 3 heterocycles. The van der Waals surface area contributed by atoms with Crippen LogP contribution >= 0.6 is 0 Å². The van der Waals surface area contributed by atoms with Crippen molar-refractivity contribution in [1.29, 1.82) is 5.26 Å². The predicted molar refractivity (Wildman–Crippen MR) is 75.4 cm³/mol. The first-order chi connectivity index (χ1) is 9.86. The van der Waals surface area contributed by atoms with Gasteiger partial charge in [-0.1, -0.05) is 0 Å². The van der Waals surface area contributed by atoms with E-state index in [2.05, 4.69) is 30.8 Å². The molecule has 3 rings (SSSR count). The number of nitrogens with zero attached hydrogens (tertiary/aromatic N) is 6. The Hall–Kier alpha value is -2.68. The molecular weight excluding hydrogens is 252 g/mol. The highest BCUT2D eigenvalue weighted by Gasteiger charge is 2.19. The van der Waals surface area contributed by atoms with Crippen molar-refractivity contribution in [3.05, 3.63) is 42.5 Å². The highest BCUT2D eigenvalue weighted by atomic mass is 15.3. The van der Waals surface area contributed by atoms with E-state index in [-0.39, 0.29) is 0 Å². The summed E-state index contributed by atoms with van der Waals surface area (Å²) in [6, 6.07) is 7.66. The van der Waals surface area contributed by atoms with Gasteiger partial charge in [0.2, 0.25) is 5.95 Å². The van der Waals surface area contributed by atoms with Crippen LogP contribution < -0.4 is 9.80 Å².